The van der Waals surface area contributed by atoms with E-state index in [-0.39, 0.29) is 11.8 Å². The topological polar surface area (TPSA) is 67.2 Å². The number of carbonyl (C=O) groups excluding carboxylic acids is 2. The van der Waals surface area contributed by atoms with Crippen LogP contribution in [0.1, 0.15) is 82.5 Å². The summed E-state index contributed by atoms with van der Waals surface area (Å²) in [4.78, 5) is 32.6. The summed E-state index contributed by atoms with van der Waals surface area (Å²) in [6.07, 6.45) is 11.1. The number of nitrogens with zero attached hydrogens (tertiary/aromatic N) is 3. The minimum Gasteiger partial charge on any atom is -0.356 e. The summed E-state index contributed by atoms with van der Waals surface area (Å²) in [7, 11) is 0. The van der Waals surface area contributed by atoms with Gasteiger partial charge in [0.1, 0.15) is 12.4 Å². The van der Waals surface area contributed by atoms with Gasteiger partial charge in [-0.25, -0.2) is 4.98 Å². The molecule has 37 heavy (non-hydrogen) atoms. The van der Waals surface area contributed by atoms with Gasteiger partial charge >= 0.3 is 0 Å². The molecule has 198 valence electrons. The van der Waals surface area contributed by atoms with Crippen LogP contribution in [0.4, 0.5) is 0 Å². The zero-order chi connectivity index (χ0) is 25.9. The SMILES string of the molecule is CCCC(=O)NCCCCCc1nc2ccccc2n1CC(=O)N(Cc1ccccc1)C1CCCCC1. The van der Waals surface area contributed by atoms with Crippen molar-refractivity contribution in [1.29, 1.82) is 0 Å². The Bertz CT molecular complexity index is 1130. The lowest BCUT2D eigenvalue weighted by atomic mass is 9.93. The Morgan fingerprint density at radius 3 is 2.51 bits per heavy atom. The largest absolute Gasteiger partial charge is 0.356 e. The second-order valence-corrected chi connectivity index (χ2v) is 10.3. The van der Waals surface area contributed by atoms with E-state index in [1.54, 1.807) is 0 Å². The second-order valence-electron chi connectivity index (χ2n) is 10.3. The molecule has 0 spiro atoms. The van der Waals surface area contributed by atoms with E-state index in [0.717, 1.165) is 68.3 Å². The third-order valence-corrected chi connectivity index (χ3v) is 7.43. The van der Waals surface area contributed by atoms with Crippen LogP contribution in [0, 0.1) is 0 Å². The Morgan fingerprint density at radius 1 is 0.973 bits per heavy atom. The number of carbonyl (C=O) groups is 2. The maximum atomic E-state index is 13.9. The zero-order valence-electron chi connectivity index (χ0n) is 22.3. The molecule has 1 fully saturated rings. The van der Waals surface area contributed by atoms with Crippen LogP contribution in [0.2, 0.25) is 0 Å². The molecular formula is C31H42N4O2. The van der Waals surface area contributed by atoms with E-state index in [4.69, 9.17) is 4.98 Å². The molecule has 1 heterocycles. The van der Waals surface area contributed by atoms with Crippen molar-refractivity contribution in [2.75, 3.05) is 6.54 Å². The van der Waals surface area contributed by atoms with Crippen LogP contribution >= 0.6 is 0 Å². The predicted molar refractivity (Wildman–Crippen MR) is 149 cm³/mol. The van der Waals surface area contributed by atoms with Crippen LogP contribution in [-0.4, -0.2) is 38.9 Å². The van der Waals surface area contributed by atoms with E-state index in [0.29, 0.717) is 25.6 Å². The molecule has 4 rings (SSSR count). The Hall–Kier alpha value is -3.15. The first-order chi connectivity index (χ1) is 18.2. The van der Waals surface area contributed by atoms with Crippen LogP contribution in [0.25, 0.3) is 11.0 Å². The second kappa shape index (κ2) is 14.0. The van der Waals surface area contributed by atoms with E-state index in [1.165, 1.54) is 24.8 Å². The highest BCUT2D eigenvalue weighted by Gasteiger charge is 2.26. The van der Waals surface area contributed by atoms with Crippen molar-refractivity contribution in [3.8, 4) is 0 Å². The van der Waals surface area contributed by atoms with Crippen LogP contribution < -0.4 is 5.32 Å². The van der Waals surface area contributed by atoms with Gasteiger partial charge in [0.2, 0.25) is 11.8 Å². The molecule has 6 heteroatoms. The number of aryl methyl sites for hydroxylation is 1. The molecule has 1 aliphatic rings. The van der Waals surface area contributed by atoms with Gasteiger partial charge in [-0.05, 0) is 49.8 Å². The number of rotatable bonds is 13. The standard InChI is InChI=1S/C31H42N4O2/c1-2-14-30(36)32-22-13-5-10-21-29-33-27-19-11-12-20-28(27)35(29)24-31(37)34(26-17-8-4-9-18-26)23-25-15-6-3-7-16-25/h3,6-7,11-12,15-16,19-20,26H,2,4-5,8-10,13-14,17-18,21-24H2,1H3,(H,32,36). The van der Waals surface area contributed by atoms with Gasteiger partial charge < -0.3 is 14.8 Å². The fourth-order valence-corrected chi connectivity index (χ4v) is 5.44. The summed E-state index contributed by atoms with van der Waals surface area (Å²) in [5.41, 5.74) is 3.16. The van der Waals surface area contributed by atoms with Gasteiger partial charge in [0.25, 0.3) is 0 Å². The van der Waals surface area contributed by atoms with Gasteiger partial charge in [0.05, 0.1) is 11.0 Å². The Kier molecular flexibility index (Phi) is 10.2. The summed E-state index contributed by atoms with van der Waals surface area (Å²) in [5.74, 6) is 1.30. The zero-order valence-corrected chi connectivity index (χ0v) is 22.3. The van der Waals surface area contributed by atoms with Crippen LogP contribution in [-0.2, 0) is 29.1 Å². The van der Waals surface area contributed by atoms with E-state index in [1.807, 2.05) is 31.2 Å². The van der Waals surface area contributed by atoms with Crippen molar-refractivity contribution in [3.63, 3.8) is 0 Å². The van der Waals surface area contributed by atoms with Crippen molar-refractivity contribution in [3.05, 3.63) is 66.0 Å². The van der Waals surface area contributed by atoms with Gasteiger partial charge in [-0.1, -0.05) is 75.1 Å². The lowest BCUT2D eigenvalue weighted by Crippen LogP contribution is -2.42. The predicted octanol–water partition coefficient (Wildman–Crippen LogP) is 6.03. The fraction of sp³-hybridized carbons (Fsp3) is 0.516. The number of benzene rings is 2. The number of nitrogens with one attached hydrogen (secondary N) is 1. The van der Waals surface area contributed by atoms with Crippen LogP contribution in [0.15, 0.2) is 54.6 Å². The quantitative estimate of drug-likeness (QED) is 0.290. The molecule has 2 aromatic carbocycles. The van der Waals surface area contributed by atoms with Gasteiger partial charge in [-0.15, -0.1) is 0 Å². The molecule has 3 aromatic rings. The number of aromatic nitrogens is 2. The summed E-state index contributed by atoms with van der Waals surface area (Å²) in [6.45, 7) is 3.73. The molecule has 1 saturated carbocycles. The van der Waals surface area contributed by atoms with Crippen LogP contribution in [0.5, 0.6) is 0 Å². The number of hydrogen-bond donors (Lipinski definition) is 1. The number of hydrogen-bond acceptors (Lipinski definition) is 3. The first-order valence-electron chi connectivity index (χ1n) is 14.2. The normalized spacial score (nSPS) is 14.1. The maximum absolute atomic E-state index is 13.9. The third-order valence-electron chi connectivity index (χ3n) is 7.43. The lowest BCUT2D eigenvalue weighted by molar-refractivity contribution is -0.135. The summed E-state index contributed by atoms with van der Waals surface area (Å²) < 4.78 is 2.14. The van der Waals surface area contributed by atoms with E-state index in [2.05, 4.69) is 45.1 Å². The number of unbranched alkanes of at least 4 members (excludes halogenated alkanes) is 2. The fourth-order valence-electron chi connectivity index (χ4n) is 5.44. The Balaban J connectivity index is 1.44. The third kappa shape index (κ3) is 7.67. The average Bonchev–Trinajstić information content (AvgIpc) is 3.27. The molecule has 0 atom stereocenters. The molecular weight excluding hydrogens is 460 g/mol. The molecule has 0 radical (unpaired) electrons. The summed E-state index contributed by atoms with van der Waals surface area (Å²) >= 11 is 0. The molecule has 2 amide bonds. The molecule has 0 aliphatic heterocycles. The number of amides is 2. The van der Waals surface area contributed by atoms with Crippen molar-refractivity contribution >= 4 is 22.8 Å². The highest BCUT2D eigenvalue weighted by atomic mass is 16.2. The van der Waals surface area contributed by atoms with Crippen molar-refractivity contribution in [2.24, 2.45) is 0 Å². The van der Waals surface area contributed by atoms with Gasteiger partial charge in [-0.2, -0.15) is 0 Å². The van der Waals surface area contributed by atoms with E-state index in [9.17, 15) is 9.59 Å². The molecule has 1 aromatic heterocycles. The number of para-hydroxylation sites is 2. The first-order valence-corrected chi connectivity index (χ1v) is 14.2. The average molecular weight is 503 g/mol. The first kappa shape index (κ1) is 26.9. The van der Waals surface area contributed by atoms with Crippen LogP contribution in [0.3, 0.4) is 0 Å². The number of imidazole rings is 1. The number of fused-ring (bicyclic) bond motifs is 1. The summed E-state index contributed by atoms with van der Waals surface area (Å²) in [5, 5.41) is 2.99. The smallest absolute Gasteiger partial charge is 0.243 e. The van der Waals surface area contributed by atoms with Crippen molar-refractivity contribution < 1.29 is 9.59 Å². The summed E-state index contributed by atoms with van der Waals surface area (Å²) in [6, 6.07) is 18.8. The molecule has 6 nitrogen and oxygen atoms in total. The molecule has 0 saturated heterocycles. The molecule has 0 bridgehead atoms. The van der Waals surface area contributed by atoms with Gasteiger partial charge in [0.15, 0.2) is 0 Å². The molecule has 1 N–H and O–H groups in total. The minimum absolute atomic E-state index is 0.140. The van der Waals surface area contributed by atoms with E-state index < -0.39 is 0 Å². The Labute approximate surface area is 221 Å². The molecule has 0 unspecified atom stereocenters. The lowest BCUT2D eigenvalue weighted by Gasteiger charge is -2.35. The highest BCUT2D eigenvalue weighted by Crippen LogP contribution is 2.26. The maximum Gasteiger partial charge on any atom is 0.243 e. The van der Waals surface area contributed by atoms with Gasteiger partial charge in [0, 0.05) is 32.0 Å². The van der Waals surface area contributed by atoms with Crippen molar-refractivity contribution in [2.45, 2.75) is 96.7 Å². The minimum atomic E-state index is 0.140. The molecule has 1 aliphatic carbocycles. The van der Waals surface area contributed by atoms with Gasteiger partial charge in [-0.3, -0.25) is 9.59 Å². The Morgan fingerprint density at radius 2 is 1.73 bits per heavy atom. The monoisotopic (exact) mass is 502 g/mol. The highest BCUT2D eigenvalue weighted by molar-refractivity contribution is 5.81. The van der Waals surface area contributed by atoms with E-state index >= 15 is 0 Å². The van der Waals surface area contributed by atoms with Crippen molar-refractivity contribution in [1.82, 2.24) is 19.8 Å².